The lowest BCUT2D eigenvalue weighted by molar-refractivity contribution is -0.0484. The minimum absolute atomic E-state index is 0.0738. The SMILES string of the molecule is CCO[C@H](CCO)[C@H](OC(=O)Nc1ccc(C)cc1)c1ccc(OCCO)cc1. The van der Waals surface area contributed by atoms with Crippen LogP contribution in [0.25, 0.3) is 0 Å². The van der Waals surface area contributed by atoms with Gasteiger partial charge in [0.2, 0.25) is 0 Å². The van der Waals surface area contributed by atoms with Crippen molar-refractivity contribution in [3.05, 3.63) is 59.7 Å². The molecule has 2 aromatic rings. The second-order valence-electron chi connectivity index (χ2n) is 6.46. The van der Waals surface area contributed by atoms with E-state index in [0.29, 0.717) is 30.0 Å². The van der Waals surface area contributed by atoms with Gasteiger partial charge in [0.15, 0.2) is 6.10 Å². The zero-order valence-electron chi connectivity index (χ0n) is 16.8. The van der Waals surface area contributed by atoms with E-state index in [1.54, 1.807) is 36.4 Å². The monoisotopic (exact) mass is 403 g/mol. The summed E-state index contributed by atoms with van der Waals surface area (Å²) in [4.78, 5) is 12.5. The Labute approximate surface area is 171 Å². The Morgan fingerprint density at radius 1 is 1.03 bits per heavy atom. The zero-order chi connectivity index (χ0) is 21.1. The Hall–Kier alpha value is -2.61. The lowest BCUT2D eigenvalue weighted by atomic mass is 10.0. The Balaban J connectivity index is 2.17. The van der Waals surface area contributed by atoms with Gasteiger partial charge in [-0.25, -0.2) is 4.79 Å². The molecule has 2 atom stereocenters. The highest BCUT2D eigenvalue weighted by Crippen LogP contribution is 2.28. The van der Waals surface area contributed by atoms with E-state index in [1.165, 1.54) is 0 Å². The first-order chi connectivity index (χ1) is 14.1. The lowest BCUT2D eigenvalue weighted by Gasteiger charge is -2.27. The summed E-state index contributed by atoms with van der Waals surface area (Å²) in [6.45, 7) is 4.26. The topological polar surface area (TPSA) is 97.2 Å². The van der Waals surface area contributed by atoms with Crippen molar-refractivity contribution in [3.63, 3.8) is 0 Å². The minimum atomic E-state index is -0.709. The molecule has 0 aromatic heterocycles. The first-order valence-electron chi connectivity index (χ1n) is 9.67. The second kappa shape index (κ2) is 12.1. The molecule has 3 N–H and O–H groups in total. The summed E-state index contributed by atoms with van der Waals surface area (Å²) >= 11 is 0. The molecule has 0 saturated carbocycles. The summed E-state index contributed by atoms with van der Waals surface area (Å²) in [5.41, 5.74) is 2.43. The molecule has 0 aliphatic heterocycles. The minimum Gasteiger partial charge on any atom is -0.491 e. The highest BCUT2D eigenvalue weighted by molar-refractivity contribution is 5.84. The van der Waals surface area contributed by atoms with E-state index in [-0.39, 0.29) is 19.8 Å². The molecule has 7 nitrogen and oxygen atoms in total. The maximum atomic E-state index is 12.5. The number of anilines is 1. The number of aliphatic hydroxyl groups excluding tert-OH is 2. The van der Waals surface area contributed by atoms with Gasteiger partial charge in [-0.3, -0.25) is 5.32 Å². The van der Waals surface area contributed by atoms with Crippen LogP contribution in [-0.2, 0) is 9.47 Å². The molecule has 7 heteroatoms. The van der Waals surface area contributed by atoms with E-state index in [2.05, 4.69) is 5.32 Å². The summed E-state index contributed by atoms with van der Waals surface area (Å²) in [5.74, 6) is 0.598. The van der Waals surface area contributed by atoms with E-state index < -0.39 is 18.3 Å². The molecule has 0 radical (unpaired) electrons. The van der Waals surface area contributed by atoms with Crippen LogP contribution >= 0.6 is 0 Å². The van der Waals surface area contributed by atoms with Crippen LogP contribution in [0.3, 0.4) is 0 Å². The van der Waals surface area contributed by atoms with Gasteiger partial charge >= 0.3 is 6.09 Å². The number of carbonyl (C=O) groups excluding carboxylic acids is 1. The average molecular weight is 403 g/mol. The van der Waals surface area contributed by atoms with Crippen molar-refractivity contribution in [2.45, 2.75) is 32.5 Å². The van der Waals surface area contributed by atoms with Crippen molar-refractivity contribution >= 4 is 11.8 Å². The molecule has 0 fully saturated rings. The normalized spacial score (nSPS) is 12.8. The number of nitrogens with one attached hydrogen (secondary N) is 1. The van der Waals surface area contributed by atoms with Crippen LogP contribution in [0.1, 0.15) is 30.6 Å². The maximum Gasteiger partial charge on any atom is 0.412 e. The van der Waals surface area contributed by atoms with Gasteiger partial charge in [-0.15, -0.1) is 0 Å². The number of carbonyl (C=O) groups is 1. The zero-order valence-corrected chi connectivity index (χ0v) is 16.8. The molecule has 0 aliphatic carbocycles. The largest absolute Gasteiger partial charge is 0.491 e. The van der Waals surface area contributed by atoms with Crippen LogP contribution in [0.2, 0.25) is 0 Å². The number of amides is 1. The van der Waals surface area contributed by atoms with Gasteiger partial charge in [0, 0.05) is 25.3 Å². The molecule has 0 heterocycles. The fourth-order valence-corrected chi connectivity index (χ4v) is 2.84. The van der Waals surface area contributed by atoms with E-state index in [4.69, 9.17) is 19.3 Å². The maximum absolute atomic E-state index is 12.5. The number of hydrogen-bond donors (Lipinski definition) is 3. The molecular weight excluding hydrogens is 374 g/mol. The number of benzene rings is 2. The molecule has 1 amide bonds. The summed E-state index contributed by atoms with van der Waals surface area (Å²) in [7, 11) is 0. The van der Waals surface area contributed by atoms with Crippen LogP contribution < -0.4 is 10.1 Å². The first kappa shape index (κ1) is 22.7. The average Bonchev–Trinajstić information content (AvgIpc) is 2.72. The Kier molecular flexibility index (Phi) is 9.43. The number of hydrogen-bond acceptors (Lipinski definition) is 6. The molecule has 0 saturated heterocycles. The van der Waals surface area contributed by atoms with E-state index in [0.717, 1.165) is 5.56 Å². The third kappa shape index (κ3) is 7.38. The van der Waals surface area contributed by atoms with E-state index in [1.807, 2.05) is 26.0 Å². The molecule has 0 spiro atoms. The van der Waals surface area contributed by atoms with Gasteiger partial charge in [-0.05, 0) is 43.7 Å². The van der Waals surface area contributed by atoms with Gasteiger partial charge in [0.05, 0.1) is 6.61 Å². The van der Waals surface area contributed by atoms with Gasteiger partial charge in [0.25, 0.3) is 0 Å². The Bertz CT molecular complexity index is 726. The van der Waals surface area contributed by atoms with Crippen LogP contribution in [-0.4, -0.2) is 48.8 Å². The highest BCUT2D eigenvalue weighted by Gasteiger charge is 2.27. The quantitative estimate of drug-likeness (QED) is 0.532. The van der Waals surface area contributed by atoms with Gasteiger partial charge in [0.1, 0.15) is 18.5 Å². The van der Waals surface area contributed by atoms with Crippen LogP contribution in [0.4, 0.5) is 10.5 Å². The fourth-order valence-electron chi connectivity index (χ4n) is 2.84. The first-order valence-corrected chi connectivity index (χ1v) is 9.67. The van der Waals surface area contributed by atoms with Crippen LogP contribution in [0.5, 0.6) is 5.75 Å². The summed E-state index contributed by atoms with van der Waals surface area (Å²) in [6, 6.07) is 14.4. The van der Waals surface area contributed by atoms with Crippen molar-refractivity contribution < 1.29 is 29.2 Å². The Morgan fingerprint density at radius 2 is 1.72 bits per heavy atom. The molecule has 29 heavy (non-hydrogen) atoms. The van der Waals surface area contributed by atoms with Crippen molar-refractivity contribution in [3.8, 4) is 5.75 Å². The molecule has 0 unspecified atom stereocenters. The van der Waals surface area contributed by atoms with Crippen molar-refractivity contribution in [2.24, 2.45) is 0 Å². The third-order valence-corrected chi connectivity index (χ3v) is 4.23. The Morgan fingerprint density at radius 3 is 2.31 bits per heavy atom. The summed E-state index contributed by atoms with van der Waals surface area (Å²) in [5, 5.41) is 21.0. The fraction of sp³-hybridized carbons (Fsp3) is 0.409. The molecule has 2 aromatic carbocycles. The van der Waals surface area contributed by atoms with Crippen molar-refractivity contribution in [1.29, 1.82) is 0 Å². The highest BCUT2D eigenvalue weighted by atomic mass is 16.6. The second-order valence-corrected chi connectivity index (χ2v) is 6.46. The number of aryl methyl sites for hydroxylation is 1. The molecule has 0 aliphatic rings. The van der Waals surface area contributed by atoms with Crippen LogP contribution in [0.15, 0.2) is 48.5 Å². The molecule has 158 valence electrons. The predicted octanol–water partition coefficient (Wildman–Crippen LogP) is 3.44. The van der Waals surface area contributed by atoms with Gasteiger partial charge in [-0.1, -0.05) is 29.8 Å². The van der Waals surface area contributed by atoms with Crippen molar-refractivity contribution in [2.75, 3.05) is 31.7 Å². The van der Waals surface area contributed by atoms with Crippen molar-refractivity contribution in [1.82, 2.24) is 0 Å². The van der Waals surface area contributed by atoms with E-state index >= 15 is 0 Å². The van der Waals surface area contributed by atoms with Gasteiger partial charge in [-0.2, -0.15) is 0 Å². The number of rotatable bonds is 11. The molecule has 0 bridgehead atoms. The van der Waals surface area contributed by atoms with Gasteiger partial charge < -0.3 is 24.4 Å². The third-order valence-electron chi connectivity index (χ3n) is 4.23. The summed E-state index contributed by atoms with van der Waals surface area (Å²) < 4.78 is 16.8. The summed E-state index contributed by atoms with van der Waals surface area (Å²) in [6.07, 6.45) is -1.50. The van der Waals surface area contributed by atoms with E-state index in [9.17, 15) is 9.90 Å². The number of aliphatic hydroxyl groups is 2. The molecule has 2 rings (SSSR count). The molecular formula is C22H29NO6. The van der Waals surface area contributed by atoms with Crippen LogP contribution in [0, 0.1) is 6.92 Å². The predicted molar refractivity (Wildman–Crippen MR) is 110 cm³/mol. The standard InChI is InChI=1S/C22H29NO6/c1-3-27-20(12-13-24)21(17-6-10-19(11-7-17)28-15-14-25)29-22(26)23-18-8-4-16(2)5-9-18/h4-11,20-21,24-25H,3,12-15H2,1-2H3,(H,23,26)/t20-,21-/m1/s1. The number of ether oxygens (including phenoxy) is 3. The smallest absolute Gasteiger partial charge is 0.412 e. The lowest BCUT2D eigenvalue weighted by Crippen LogP contribution is -2.29.